The number of hydrogen-bond donors (Lipinski definition) is 1. The van der Waals surface area contributed by atoms with E-state index in [0.29, 0.717) is 44.9 Å². The van der Waals surface area contributed by atoms with Crippen LogP contribution in [0.2, 0.25) is 0 Å². The second-order valence-corrected chi connectivity index (χ2v) is 5.94. The number of aliphatic hydroxyl groups is 1. The average Bonchev–Trinajstić information content (AvgIpc) is 2.82. The monoisotopic (exact) mass is 255 g/mol. The molecule has 104 valence electrons. The summed E-state index contributed by atoms with van der Waals surface area (Å²) in [6.45, 7) is 1.64. The summed E-state index contributed by atoms with van der Waals surface area (Å²) in [4.78, 5) is 13.8. The third kappa shape index (κ3) is 3.69. The molecule has 4 heteroatoms. The normalized spacial score (nSPS) is 24.1. The summed E-state index contributed by atoms with van der Waals surface area (Å²) in [6.07, 6.45) is 6.84. The van der Waals surface area contributed by atoms with Gasteiger partial charge in [-0.2, -0.15) is 0 Å². The number of likely N-dealkylation sites (N-methyl/N-ethyl adjacent to an activating group) is 1. The van der Waals surface area contributed by atoms with Gasteiger partial charge in [-0.15, -0.1) is 0 Å². The highest BCUT2D eigenvalue weighted by Gasteiger charge is 2.32. The van der Waals surface area contributed by atoms with E-state index in [-0.39, 0.29) is 5.91 Å². The van der Waals surface area contributed by atoms with Gasteiger partial charge in [-0.1, -0.05) is 12.8 Å². The van der Waals surface area contributed by atoms with Crippen molar-refractivity contribution in [1.82, 2.24) is 4.90 Å². The van der Waals surface area contributed by atoms with Crippen LogP contribution in [0.25, 0.3) is 0 Å². The molecule has 1 aliphatic carbocycles. The van der Waals surface area contributed by atoms with E-state index in [0.717, 1.165) is 0 Å². The van der Waals surface area contributed by atoms with Gasteiger partial charge in [-0.25, -0.2) is 0 Å². The average molecular weight is 255 g/mol. The second kappa shape index (κ2) is 6.02. The zero-order valence-electron chi connectivity index (χ0n) is 11.4. The third-order valence-corrected chi connectivity index (χ3v) is 4.32. The quantitative estimate of drug-likeness (QED) is 0.829. The van der Waals surface area contributed by atoms with Gasteiger partial charge in [0.2, 0.25) is 5.91 Å². The highest BCUT2D eigenvalue weighted by Crippen LogP contribution is 2.28. The van der Waals surface area contributed by atoms with E-state index in [1.807, 2.05) is 7.05 Å². The number of rotatable bonds is 4. The molecule has 2 aliphatic rings. The lowest BCUT2D eigenvalue weighted by molar-refractivity contribution is -0.137. The highest BCUT2D eigenvalue weighted by molar-refractivity contribution is 5.76. The fraction of sp³-hybridized carbons (Fsp3) is 0.929. The van der Waals surface area contributed by atoms with Gasteiger partial charge < -0.3 is 14.7 Å². The van der Waals surface area contributed by atoms with Crippen molar-refractivity contribution in [3.8, 4) is 0 Å². The number of carbonyl (C=O) groups excluding carboxylic acids is 1. The molecule has 2 rings (SSSR count). The van der Waals surface area contributed by atoms with Gasteiger partial charge in [0.1, 0.15) is 0 Å². The number of ether oxygens (including phenoxy) is 1. The summed E-state index contributed by atoms with van der Waals surface area (Å²) in [7, 11) is 1.81. The van der Waals surface area contributed by atoms with Crippen LogP contribution in [-0.2, 0) is 9.53 Å². The Morgan fingerprint density at radius 2 is 1.94 bits per heavy atom. The van der Waals surface area contributed by atoms with Crippen molar-refractivity contribution in [3.63, 3.8) is 0 Å². The summed E-state index contributed by atoms with van der Waals surface area (Å²) in [5, 5.41) is 10.4. The number of amides is 1. The summed E-state index contributed by atoms with van der Waals surface area (Å²) in [5.74, 6) is 0.756. The first kappa shape index (κ1) is 13.8. The predicted molar refractivity (Wildman–Crippen MR) is 69.2 cm³/mol. The van der Waals surface area contributed by atoms with E-state index in [4.69, 9.17) is 4.74 Å². The van der Waals surface area contributed by atoms with E-state index >= 15 is 0 Å². The molecular formula is C14H25NO3. The Kier molecular flexibility index (Phi) is 4.62. The van der Waals surface area contributed by atoms with Gasteiger partial charge in [0.25, 0.3) is 0 Å². The highest BCUT2D eigenvalue weighted by atomic mass is 16.5. The van der Waals surface area contributed by atoms with Crippen LogP contribution in [0.15, 0.2) is 0 Å². The lowest BCUT2D eigenvalue weighted by Gasteiger charge is -2.35. The van der Waals surface area contributed by atoms with Gasteiger partial charge in [0.05, 0.1) is 5.60 Å². The van der Waals surface area contributed by atoms with Crippen molar-refractivity contribution < 1.29 is 14.6 Å². The van der Waals surface area contributed by atoms with Gasteiger partial charge in [-0.3, -0.25) is 4.79 Å². The standard InChI is InChI=1S/C14H25NO3/c1-15(11-14(17)6-8-18-9-7-14)13(16)10-12-4-2-3-5-12/h12,17H,2-11H2,1H3. The fourth-order valence-electron chi connectivity index (χ4n) is 3.06. The van der Waals surface area contributed by atoms with Crippen LogP contribution >= 0.6 is 0 Å². The van der Waals surface area contributed by atoms with Crippen LogP contribution in [0, 0.1) is 5.92 Å². The van der Waals surface area contributed by atoms with Gasteiger partial charge >= 0.3 is 0 Å². The Labute approximate surface area is 109 Å². The first-order valence-electron chi connectivity index (χ1n) is 7.13. The minimum absolute atomic E-state index is 0.182. The maximum Gasteiger partial charge on any atom is 0.222 e. The van der Waals surface area contributed by atoms with Crippen molar-refractivity contribution in [2.75, 3.05) is 26.8 Å². The van der Waals surface area contributed by atoms with E-state index in [2.05, 4.69) is 0 Å². The topological polar surface area (TPSA) is 49.8 Å². The molecule has 1 amide bonds. The molecule has 0 atom stereocenters. The van der Waals surface area contributed by atoms with E-state index < -0.39 is 5.60 Å². The Hall–Kier alpha value is -0.610. The molecule has 0 spiro atoms. The first-order valence-corrected chi connectivity index (χ1v) is 7.13. The van der Waals surface area contributed by atoms with Gasteiger partial charge in [0, 0.05) is 46.1 Å². The maximum atomic E-state index is 12.1. The van der Waals surface area contributed by atoms with Gasteiger partial charge in [0.15, 0.2) is 0 Å². The van der Waals surface area contributed by atoms with Crippen LogP contribution in [0.4, 0.5) is 0 Å². The van der Waals surface area contributed by atoms with Crippen LogP contribution in [0.5, 0.6) is 0 Å². The van der Waals surface area contributed by atoms with Crippen molar-refractivity contribution in [1.29, 1.82) is 0 Å². The number of nitrogens with zero attached hydrogens (tertiary/aromatic N) is 1. The minimum Gasteiger partial charge on any atom is -0.388 e. The first-order chi connectivity index (χ1) is 8.59. The molecule has 0 bridgehead atoms. The molecule has 0 aromatic carbocycles. The number of hydrogen-bond acceptors (Lipinski definition) is 3. The number of carbonyl (C=O) groups is 1. The molecule has 1 saturated heterocycles. The minimum atomic E-state index is -0.738. The Bertz CT molecular complexity index is 281. The summed E-state index contributed by atoms with van der Waals surface area (Å²) in [5.41, 5.74) is -0.738. The SMILES string of the molecule is CN(CC1(O)CCOCC1)C(=O)CC1CCCC1. The lowest BCUT2D eigenvalue weighted by atomic mass is 9.93. The molecule has 0 radical (unpaired) electrons. The Morgan fingerprint density at radius 3 is 2.56 bits per heavy atom. The maximum absolute atomic E-state index is 12.1. The van der Waals surface area contributed by atoms with E-state index in [1.165, 1.54) is 25.7 Å². The Balaban J connectivity index is 1.78. The zero-order valence-corrected chi connectivity index (χ0v) is 11.4. The summed E-state index contributed by atoms with van der Waals surface area (Å²) < 4.78 is 5.25. The van der Waals surface area contributed by atoms with Crippen molar-refractivity contribution in [2.45, 2.75) is 50.5 Å². The van der Waals surface area contributed by atoms with Crippen LogP contribution in [-0.4, -0.2) is 48.3 Å². The van der Waals surface area contributed by atoms with Crippen molar-refractivity contribution in [2.24, 2.45) is 5.92 Å². The lowest BCUT2D eigenvalue weighted by Crippen LogP contribution is -2.47. The molecule has 2 fully saturated rings. The molecule has 4 nitrogen and oxygen atoms in total. The molecule has 1 N–H and O–H groups in total. The smallest absolute Gasteiger partial charge is 0.222 e. The molecule has 18 heavy (non-hydrogen) atoms. The molecular weight excluding hydrogens is 230 g/mol. The molecule has 0 unspecified atom stereocenters. The fourth-order valence-corrected chi connectivity index (χ4v) is 3.06. The third-order valence-electron chi connectivity index (χ3n) is 4.32. The van der Waals surface area contributed by atoms with Crippen LogP contribution in [0.1, 0.15) is 44.9 Å². The molecule has 0 aromatic heterocycles. The molecule has 1 saturated carbocycles. The molecule has 0 aromatic rings. The zero-order chi connectivity index (χ0) is 13.0. The molecule has 1 heterocycles. The van der Waals surface area contributed by atoms with Gasteiger partial charge in [-0.05, 0) is 18.8 Å². The predicted octanol–water partition coefficient (Wildman–Crippen LogP) is 1.57. The van der Waals surface area contributed by atoms with Crippen LogP contribution in [0.3, 0.4) is 0 Å². The van der Waals surface area contributed by atoms with E-state index in [1.54, 1.807) is 4.90 Å². The van der Waals surface area contributed by atoms with Crippen molar-refractivity contribution in [3.05, 3.63) is 0 Å². The van der Waals surface area contributed by atoms with Crippen molar-refractivity contribution >= 4 is 5.91 Å². The molecule has 1 aliphatic heterocycles. The largest absolute Gasteiger partial charge is 0.388 e. The van der Waals surface area contributed by atoms with Crippen LogP contribution < -0.4 is 0 Å². The van der Waals surface area contributed by atoms with E-state index in [9.17, 15) is 9.90 Å². The second-order valence-electron chi connectivity index (χ2n) is 5.94. The Morgan fingerprint density at radius 1 is 1.33 bits per heavy atom. The summed E-state index contributed by atoms with van der Waals surface area (Å²) >= 11 is 0. The summed E-state index contributed by atoms with van der Waals surface area (Å²) in [6, 6.07) is 0.